The van der Waals surface area contributed by atoms with E-state index in [1.807, 2.05) is 72.6 Å². The number of aryl methyl sites for hydroxylation is 1. The molecular formula is C22H25N4O2S2+. The first-order chi connectivity index (χ1) is 14.5. The first-order valence-corrected chi connectivity index (χ1v) is 11.9. The number of thiazole rings is 1. The molecule has 1 fully saturated rings. The second-order valence-electron chi connectivity index (χ2n) is 7.56. The molecule has 30 heavy (non-hydrogen) atoms. The predicted octanol–water partition coefficient (Wildman–Crippen LogP) is 5.09. The van der Waals surface area contributed by atoms with E-state index < -0.39 is 0 Å². The summed E-state index contributed by atoms with van der Waals surface area (Å²) in [4.78, 5) is 31.3. The quantitative estimate of drug-likeness (QED) is 0.442. The van der Waals surface area contributed by atoms with Gasteiger partial charge in [-0.1, -0.05) is 23.9 Å². The zero-order valence-corrected chi connectivity index (χ0v) is 18.7. The number of nitrogens with one attached hydrogen (secondary N) is 1. The average molecular weight is 442 g/mol. The average Bonchev–Trinajstić information content (AvgIpc) is 3.48. The minimum Gasteiger partial charge on any atom is -0.322 e. The summed E-state index contributed by atoms with van der Waals surface area (Å²) in [6, 6.07) is 11.2. The lowest BCUT2D eigenvalue weighted by atomic mass is 10.2. The Labute approximate surface area is 184 Å². The molecule has 0 radical (unpaired) electrons. The Morgan fingerprint density at radius 1 is 1.27 bits per heavy atom. The van der Waals surface area contributed by atoms with E-state index in [0.29, 0.717) is 12.2 Å². The van der Waals surface area contributed by atoms with E-state index in [-0.39, 0.29) is 28.2 Å². The van der Waals surface area contributed by atoms with Crippen LogP contribution in [0, 0.1) is 6.92 Å². The van der Waals surface area contributed by atoms with Crippen LogP contribution >= 0.6 is 23.1 Å². The maximum Gasteiger partial charge on any atom is 0.428 e. The van der Waals surface area contributed by atoms with E-state index in [1.165, 1.54) is 23.1 Å². The van der Waals surface area contributed by atoms with Gasteiger partial charge < -0.3 is 4.57 Å². The Balaban J connectivity index is 1.57. The van der Waals surface area contributed by atoms with Gasteiger partial charge in [0.05, 0.1) is 17.9 Å². The minimum absolute atomic E-state index is 0.0464. The third-order valence-corrected chi connectivity index (χ3v) is 7.76. The Bertz CT molecular complexity index is 1050. The normalized spacial score (nSPS) is 20.9. The number of amides is 3. The van der Waals surface area contributed by atoms with Crippen LogP contribution in [-0.2, 0) is 4.79 Å². The van der Waals surface area contributed by atoms with Crippen LogP contribution in [0.5, 0.6) is 0 Å². The van der Waals surface area contributed by atoms with E-state index in [4.69, 9.17) is 0 Å². The number of aromatic nitrogens is 2. The molecule has 2 aromatic heterocycles. The van der Waals surface area contributed by atoms with Crippen LogP contribution in [0.25, 0.3) is 5.69 Å². The smallest absolute Gasteiger partial charge is 0.322 e. The molecule has 8 heteroatoms. The molecule has 4 rings (SSSR count). The molecular weight excluding hydrogens is 416 g/mol. The van der Waals surface area contributed by atoms with Gasteiger partial charge in [0.2, 0.25) is 0 Å². The Morgan fingerprint density at radius 2 is 2.03 bits per heavy atom. The summed E-state index contributed by atoms with van der Waals surface area (Å²) < 4.78 is 2.66. The summed E-state index contributed by atoms with van der Waals surface area (Å²) in [6.45, 7) is 4.48. The number of carbonyl (C=O) groups is 2. The molecule has 0 aliphatic carbocycles. The number of benzene rings is 1. The van der Waals surface area contributed by atoms with Crippen LogP contribution in [0.1, 0.15) is 25.5 Å². The van der Waals surface area contributed by atoms with Crippen molar-refractivity contribution in [3.8, 4) is 5.69 Å². The molecule has 3 heterocycles. The third kappa shape index (κ3) is 3.95. The molecule has 1 aliphatic rings. The number of quaternary nitrogens is 1. The number of likely N-dealkylation sites (tertiary alicyclic amines) is 1. The van der Waals surface area contributed by atoms with Crippen molar-refractivity contribution in [3.05, 3.63) is 59.9 Å². The van der Waals surface area contributed by atoms with Crippen LogP contribution in [0.2, 0.25) is 0 Å². The van der Waals surface area contributed by atoms with Crippen molar-refractivity contribution in [2.24, 2.45) is 0 Å². The molecule has 1 unspecified atom stereocenters. The number of rotatable bonds is 5. The number of carbonyl (C=O) groups excluding carboxylic acids is 2. The van der Waals surface area contributed by atoms with Crippen molar-refractivity contribution in [3.63, 3.8) is 0 Å². The van der Waals surface area contributed by atoms with E-state index >= 15 is 0 Å². The van der Waals surface area contributed by atoms with Gasteiger partial charge >= 0.3 is 11.9 Å². The third-order valence-electron chi connectivity index (χ3n) is 5.64. The lowest BCUT2D eigenvalue weighted by Gasteiger charge is -2.33. The molecule has 1 saturated heterocycles. The summed E-state index contributed by atoms with van der Waals surface area (Å²) in [5.41, 5.74) is 2.53. The van der Waals surface area contributed by atoms with E-state index in [1.54, 1.807) is 0 Å². The highest BCUT2D eigenvalue weighted by Crippen LogP contribution is 2.32. The molecule has 1 N–H and O–H groups in total. The summed E-state index contributed by atoms with van der Waals surface area (Å²) >= 11 is 2.95. The molecule has 6 nitrogen and oxygen atoms in total. The van der Waals surface area contributed by atoms with E-state index in [0.717, 1.165) is 28.6 Å². The van der Waals surface area contributed by atoms with Crippen LogP contribution in [-0.4, -0.2) is 44.3 Å². The lowest BCUT2D eigenvalue weighted by Crippen LogP contribution is -2.61. The molecule has 1 aromatic carbocycles. The number of hydrogen-bond donors (Lipinski definition) is 1. The fourth-order valence-electron chi connectivity index (χ4n) is 4.01. The SMILES string of the molecule is Cc1csc(SCC(=O)[N+]2(C(=O)Nc3ccccc3-n3cccc3)CCC[C@H]2C)n1. The van der Waals surface area contributed by atoms with Crippen molar-refractivity contribution in [2.45, 2.75) is 37.1 Å². The molecule has 0 spiro atoms. The fraction of sp³-hybridized carbons (Fsp3) is 0.318. The molecule has 3 aromatic rings. The van der Waals surface area contributed by atoms with Crippen molar-refractivity contribution in [2.75, 3.05) is 17.6 Å². The van der Waals surface area contributed by atoms with Crippen molar-refractivity contribution in [1.82, 2.24) is 9.55 Å². The highest BCUT2D eigenvalue weighted by Gasteiger charge is 2.52. The zero-order valence-electron chi connectivity index (χ0n) is 17.1. The summed E-state index contributed by atoms with van der Waals surface area (Å²) in [7, 11) is 0. The molecule has 3 amide bonds. The number of urea groups is 1. The van der Waals surface area contributed by atoms with Gasteiger partial charge in [0, 0.05) is 36.3 Å². The van der Waals surface area contributed by atoms with Crippen LogP contribution < -0.4 is 5.32 Å². The highest BCUT2D eigenvalue weighted by molar-refractivity contribution is 8.01. The topological polar surface area (TPSA) is 64.0 Å². The van der Waals surface area contributed by atoms with Gasteiger partial charge in [0.25, 0.3) is 0 Å². The van der Waals surface area contributed by atoms with E-state index in [2.05, 4.69) is 10.3 Å². The number of nitrogens with zero attached hydrogens (tertiary/aromatic N) is 3. The van der Waals surface area contributed by atoms with Crippen molar-refractivity contribution < 1.29 is 14.1 Å². The van der Waals surface area contributed by atoms with Gasteiger partial charge in [-0.05, 0) is 38.1 Å². The monoisotopic (exact) mass is 441 g/mol. The summed E-state index contributed by atoms with van der Waals surface area (Å²) in [5, 5.41) is 5.04. The fourth-order valence-corrected chi connectivity index (χ4v) is 5.81. The molecule has 2 atom stereocenters. The maximum atomic E-state index is 13.5. The number of anilines is 1. The predicted molar refractivity (Wildman–Crippen MR) is 121 cm³/mol. The lowest BCUT2D eigenvalue weighted by molar-refractivity contribution is -0.781. The van der Waals surface area contributed by atoms with Gasteiger partial charge in [0.15, 0.2) is 4.34 Å². The minimum atomic E-state index is -0.250. The van der Waals surface area contributed by atoms with Gasteiger partial charge in [-0.25, -0.2) is 14.6 Å². The molecule has 0 bridgehead atoms. The van der Waals surface area contributed by atoms with Crippen molar-refractivity contribution >= 4 is 40.7 Å². The van der Waals surface area contributed by atoms with Gasteiger partial charge in [-0.3, -0.25) is 5.32 Å². The largest absolute Gasteiger partial charge is 0.428 e. The maximum absolute atomic E-state index is 13.5. The van der Waals surface area contributed by atoms with Gasteiger partial charge in [0.1, 0.15) is 11.8 Å². The van der Waals surface area contributed by atoms with Crippen LogP contribution in [0.3, 0.4) is 0 Å². The number of hydrogen-bond acceptors (Lipinski definition) is 5. The summed E-state index contributed by atoms with van der Waals surface area (Å²) in [5.74, 6) is 0.179. The van der Waals surface area contributed by atoms with E-state index in [9.17, 15) is 9.59 Å². The zero-order chi connectivity index (χ0) is 21.1. The Morgan fingerprint density at radius 3 is 2.70 bits per heavy atom. The van der Waals surface area contributed by atoms with Gasteiger partial charge in [-0.2, -0.15) is 4.48 Å². The van der Waals surface area contributed by atoms with Crippen LogP contribution in [0.4, 0.5) is 10.5 Å². The summed E-state index contributed by atoms with van der Waals surface area (Å²) in [6.07, 6.45) is 5.59. The molecule has 1 aliphatic heterocycles. The first-order valence-electron chi connectivity index (χ1n) is 10.0. The standard InChI is InChI=1S/C22H24N4O2S2/c1-16-14-29-22(23-16)30-15-20(27)26(13-7-8-17(26)2)21(28)24-18-9-3-4-10-19(18)25-11-5-6-12-25/h3-6,9-12,14,17H,7-8,13,15H2,1-2H3/p+1/t17-,26?/m1/s1. The molecule has 156 valence electrons. The van der Waals surface area contributed by atoms with Gasteiger partial charge in [-0.15, -0.1) is 11.3 Å². The second kappa shape index (κ2) is 8.75. The number of thioether (sulfide) groups is 1. The van der Waals surface area contributed by atoms with Crippen LogP contribution in [0.15, 0.2) is 58.5 Å². The Kier molecular flexibility index (Phi) is 6.08. The number of imide groups is 1. The first kappa shape index (κ1) is 20.8. The second-order valence-corrected chi connectivity index (χ2v) is 9.64. The number of para-hydroxylation sites is 2. The van der Waals surface area contributed by atoms with Crippen molar-refractivity contribution in [1.29, 1.82) is 0 Å². The highest BCUT2D eigenvalue weighted by atomic mass is 32.2. The Hall–Kier alpha value is -2.42. The molecule has 0 saturated carbocycles.